The van der Waals surface area contributed by atoms with Crippen molar-refractivity contribution in [1.82, 2.24) is 14.9 Å². The number of alkyl halides is 1. The second-order valence-corrected chi connectivity index (χ2v) is 7.14. The van der Waals surface area contributed by atoms with Crippen LogP contribution in [0.15, 0.2) is 36.5 Å². The lowest BCUT2D eigenvalue weighted by Crippen LogP contribution is -2.49. The van der Waals surface area contributed by atoms with Gasteiger partial charge in [-0.1, -0.05) is 12.1 Å². The van der Waals surface area contributed by atoms with Crippen molar-refractivity contribution in [1.29, 1.82) is 0 Å². The first-order valence-corrected chi connectivity index (χ1v) is 9.20. The van der Waals surface area contributed by atoms with E-state index in [1.54, 1.807) is 29.3 Å². The normalized spacial score (nSPS) is 23.6. The summed E-state index contributed by atoms with van der Waals surface area (Å²) in [4.78, 5) is 23.0. The molecule has 2 aromatic rings. The molecule has 3 heterocycles. The van der Waals surface area contributed by atoms with Crippen molar-refractivity contribution in [3.05, 3.63) is 48.2 Å². The van der Waals surface area contributed by atoms with E-state index in [1.165, 1.54) is 12.1 Å². The number of ether oxygens (including phenoxy) is 1. The van der Waals surface area contributed by atoms with Gasteiger partial charge in [0, 0.05) is 37.2 Å². The van der Waals surface area contributed by atoms with E-state index < -0.39 is 11.6 Å². The molecule has 2 aliphatic heterocycles. The van der Waals surface area contributed by atoms with Gasteiger partial charge in [-0.15, -0.1) is 0 Å². The van der Waals surface area contributed by atoms with Crippen molar-refractivity contribution in [2.24, 2.45) is 0 Å². The molecular weight excluding hydrogens is 352 g/mol. The number of rotatable bonds is 3. The maximum Gasteiger partial charge on any atom is 0.262 e. The van der Waals surface area contributed by atoms with E-state index in [4.69, 9.17) is 4.74 Å². The van der Waals surface area contributed by atoms with Crippen molar-refractivity contribution < 1.29 is 18.3 Å². The van der Waals surface area contributed by atoms with E-state index in [1.807, 2.05) is 0 Å². The molecule has 2 fully saturated rings. The summed E-state index contributed by atoms with van der Waals surface area (Å²) in [5, 5.41) is 0. The molecule has 0 saturated carbocycles. The van der Waals surface area contributed by atoms with E-state index >= 15 is 0 Å². The SMILES string of the molecule is O=C(N1CCC(c2nccc(-c3cccc(F)c3)n2)CC1)C1(F)CCOC1. The van der Waals surface area contributed by atoms with Crippen molar-refractivity contribution in [3.8, 4) is 11.3 Å². The van der Waals surface area contributed by atoms with Crippen LogP contribution < -0.4 is 0 Å². The van der Waals surface area contributed by atoms with Gasteiger partial charge in [0.2, 0.25) is 5.67 Å². The van der Waals surface area contributed by atoms with Crippen LogP contribution in [-0.4, -0.2) is 52.7 Å². The number of aromatic nitrogens is 2. The highest BCUT2D eigenvalue weighted by molar-refractivity contribution is 5.85. The molecule has 7 heteroatoms. The number of hydrogen-bond donors (Lipinski definition) is 0. The van der Waals surface area contributed by atoms with Crippen molar-refractivity contribution in [2.45, 2.75) is 30.8 Å². The van der Waals surface area contributed by atoms with Crippen LogP contribution in [0.4, 0.5) is 8.78 Å². The predicted molar refractivity (Wildman–Crippen MR) is 95.3 cm³/mol. The lowest BCUT2D eigenvalue weighted by Gasteiger charge is -2.34. The summed E-state index contributed by atoms with van der Waals surface area (Å²) in [5.74, 6) is 0.00405. The quantitative estimate of drug-likeness (QED) is 0.830. The molecule has 0 bridgehead atoms. The number of carbonyl (C=O) groups is 1. The Morgan fingerprint density at radius 3 is 2.78 bits per heavy atom. The molecule has 1 atom stereocenters. The summed E-state index contributed by atoms with van der Waals surface area (Å²) in [6, 6.07) is 8.05. The van der Waals surface area contributed by atoms with Crippen LogP contribution in [0.1, 0.15) is 31.0 Å². The summed E-state index contributed by atoms with van der Waals surface area (Å²) in [6.45, 7) is 1.09. The Morgan fingerprint density at radius 2 is 2.07 bits per heavy atom. The highest BCUT2D eigenvalue weighted by atomic mass is 19.1. The average Bonchev–Trinajstić information content (AvgIpc) is 3.15. The van der Waals surface area contributed by atoms with Crippen molar-refractivity contribution in [3.63, 3.8) is 0 Å². The Balaban J connectivity index is 1.44. The summed E-state index contributed by atoms with van der Waals surface area (Å²) >= 11 is 0. The van der Waals surface area contributed by atoms with Gasteiger partial charge in [0.25, 0.3) is 5.91 Å². The number of likely N-dealkylation sites (tertiary alicyclic amines) is 1. The number of halogens is 2. The summed E-state index contributed by atoms with van der Waals surface area (Å²) in [6.07, 6.45) is 3.15. The fourth-order valence-electron chi connectivity index (χ4n) is 3.71. The van der Waals surface area contributed by atoms with Gasteiger partial charge >= 0.3 is 0 Å². The van der Waals surface area contributed by atoms with E-state index in [2.05, 4.69) is 9.97 Å². The standard InChI is InChI=1S/C20H21F2N3O2/c21-16-3-1-2-15(12-16)17-4-8-23-18(24-17)14-5-9-25(10-6-14)19(26)20(22)7-11-27-13-20/h1-4,8,12,14H,5-7,9-11,13H2. The Hall–Kier alpha value is -2.41. The first kappa shape index (κ1) is 18.0. The zero-order chi connectivity index (χ0) is 18.9. The van der Waals surface area contributed by atoms with Crippen LogP contribution in [0.3, 0.4) is 0 Å². The number of carbonyl (C=O) groups excluding carboxylic acids is 1. The van der Waals surface area contributed by atoms with E-state index in [0.29, 0.717) is 49.6 Å². The van der Waals surface area contributed by atoms with Gasteiger partial charge in [0.1, 0.15) is 11.6 Å². The third-order valence-corrected chi connectivity index (χ3v) is 5.30. The zero-order valence-corrected chi connectivity index (χ0v) is 14.9. The molecule has 1 aromatic heterocycles. The number of hydrogen-bond acceptors (Lipinski definition) is 4. The minimum absolute atomic E-state index is 0.0953. The van der Waals surface area contributed by atoms with Crippen LogP contribution in [-0.2, 0) is 9.53 Å². The van der Waals surface area contributed by atoms with Crippen LogP contribution >= 0.6 is 0 Å². The highest BCUT2D eigenvalue weighted by Crippen LogP contribution is 2.31. The molecule has 1 aromatic carbocycles. The fourth-order valence-corrected chi connectivity index (χ4v) is 3.71. The molecule has 5 nitrogen and oxygen atoms in total. The van der Waals surface area contributed by atoms with Gasteiger partial charge in [0.15, 0.2) is 0 Å². The topological polar surface area (TPSA) is 55.3 Å². The van der Waals surface area contributed by atoms with Crippen LogP contribution in [0.25, 0.3) is 11.3 Å². The predicted octanol–water partition coefficient (Wildman–Crippen LogP) is 3.12. The van der Waals surface area contributed by atoms with Gasteiger partial charge in [-0.05, 0) is 31.0 Å². The summed E-state index contributed by atoms with van der Waals surface area (Å²) in [7, 11) is 0. The second kappa shape index (κ2) is 7.31. The first-order valence-electron chi connectivity index (χ1n) is 9.20. The third-order valence-electron chi connectivity index (χ3n) is 5.30. The van der Waals surface area contributed by atoms with E-state index in [9.17, 15) is 13.6 Å². The van der Waals surface area contributed by atoms with Crippen molar-refractivity contribution in [2.75, 3.05) is 26.3 Å². The van der Waals surface area contributed by atoms with Gasteiger partial charge in [0.05, 0.1) is 18.9 Å². The summed E-state index contributed by atoms with van der Waals surface area (Å²) in [5.41, 5.74) is -0.503. The number of nitrogens with zero attached hydrogens (tertiary/aromatic N) is 3. The molecule has 1 unspecified atom stereocenters. The number of piperidine rings is 1. The molecule has 2 saturated heterocycles. The Kier molecular flexibility index (Phi) is 4.86. The van der Waals surface area contributed by atoms with E-state index in [0.717, 1.165) is 0 Å². The van der Waals surface area contributed by atoms with Gasteiger partial charge in [-0.25, -0.2) is 18.7 Å². The number of benzene rings is 1. The monoisotopic (exact) mass is 373 g/mol. The fraction of sp³-hybridized carbons (Fsp3) is 0.450. The zero-order valence-electron chi connectivity index (χ0n) is 14.9. The molecule has 2 aliphatic rings. The molecule has 4 rings (SSSR count). The summed E-state index contributed by atoms with van der Waals surface area (Å²) < 4.78 is 33.1. The minimum atomic E-state index is -1.87. The van der Waals surface area contributed by atoms with Crippen molar-refractivity contribution >= 4 is 5.91 Å². The maximum atomic E-state index is 14.6. The molecule has 0 N–H and O–H groups in total. The van der Waals surface area contributed by atoms with Crippen LogP contribution in [0.5, 0.6) is 0 Å². The Bertz CT molecular complexity index is 831. The van der Waals surface area contributed by atoms with Crippen LogP contribution in [0.2, 0.25) is 0 Å². The largest absolute Gasteiger partial charge is 0.377 e. The second-order valence-electron chi connectivity index (χ2n) is 7.14. The molecule has 27 heavy (non-hydrogen) atoms. The van der Waals surface area contributed by atoms with E-state index in [-0.39, 0.29) is 24.8 Å². The lowest BCUT2D eigenvalue weighted by atomic mass is 9.94. The molecule has 142 valence electrons. The lowest BCUT2D eigenvalue weighted by molar-refractivity contribution is -0.145. The smallest absolute Gasteiger partial charge is 0.262 e. The third kappa shape index (κ3) is 3.69. The average molecular weight is 373 g/mol. The highest BCUT2D eigenvalue weighted by Gasteiger charge is 2.45. The maximum absolute atomic E-state index is 14.6. The molecule has 1 amide bonds. The molecular formula is C20H21F2N3O2. The number of amides is 1. The van der Waals surface area contributed by atoms with Gasteiger partial charge in [-0.2, -0.15) is 0 Å². The molecule has 0 radical (unpaired) electrons. The Morgan fingerprint density at radius 1 is 1.26 bits per heavy atom. The van der Waals surface area contributed by atoms with Gasteiger partial charge in [-0.3, -0.25) is 4.79 Å². The van der Waals surface area contributed by atoms with Crippen LogP contribution in [0, 0.1) is 5.82 Å². The van der Waals surface area contributed by atoms with Gasteiger partial charge < -0.3 is 9.64 Å². The Labute approximate surface area is 156 Å². The first-order chi connectivity index (χ1) is 13.0. The molecule has 0 spiro atoms. The molecule has 0 aliphatic carbocycles. The minimum Gasteiger partial charge on any atom is -0.377 e.